The third-order valence-electron chi connectivity index (χ3n) is 5.98. The van der Waals surface area contributed by atoms with E-state index in [2.05, 4.69) is 5.32 Å². The number of hydrogen-bond donors (Lipinski definition) is 1. The number of hydrogen-bond acceptors (Lipinski definition) is 5. The summed E-state index contributed by atoms with van der Waals surface area (Å²) >= 11 is 0. The van der Waals surface area contributed by atoms with Crippen LogP contribution in [0.3, 0.4) is 0 Å². The summed E-state index contributed by atoms with van der Waals surface area (Å²) in [5.41, 5.74) is 2.78. The molecule has 1 saturated heterocycles. The highest BCUT2D eigenvalue weighted by molar-refractivity contribution is 7.89. The molecule has 2 heterocycles. The summed E-state index contributed by atoms with van der Waals surface area (Å²) in [7, 11) is -3.65. The van der Waals surface area contributed by atoms with Crippen LogP contribution in [0.25, 0.3) is 21.7 Å². The van der Waals surface area contributed by atoms with Crippen LogP contribution < -0.4 is 5.32 Å². The van der Waals surface area contributed by atoms with Crippen LogP contribution in [0.2, 0.25) is 0 Å². The molecule has 1 amide bonds. The Morgan fingerprint density at radius 1 is 1.06 bits per heavy atom. The average Bonchev–Trinajstić information content (AvgIpc) is 3.24. The highest BCUT2D eigenvalue weighted by Crippen LogP contribution is 2.30. The van der Waals surface area contributed by atoms with E-state index in [0.29, 0.717) is 32.0 Å². The zero-order valence-corrected chi connectivity index (χ0v) is 19.0. The van der Waals surface area contributed by atoms with Crippen molar-refractivity contribution in [2.24, 2.45) is 0 Å². The van der Waals surface area contributed by atoms with Crippen molar-refractivity contribution in [2.45, 2.75) is 18.2 Å². The number of sulfonamides is 1. The van der Waals surface area contributed by atoms with Gasteiger partial charge in [0.1, 0.15) is 5.58 Å². The van der Waals surface area contributed by atoms with Gasteiger partial charge in [-0.1, -0.05) is 36.4 Å². The Morgan fingerprint density at radius 3 is 2.67 bits per heavy atom. The molecule has 1 aliphatic heterocycles. The fourth-order valence-electron chi connectivity index (χ4n) is 4.20. The van der Waals surface area contributed by atoms with Gasteiger partial charge in [-0.05, 0) is 41.5 Å². The molecule has 0 saturated carbocycles. The lowest BCUT2D eigenvalue weighted by atomic mass is 10.0. The topological polar surface area (TPSA) is 88.9 Å². The highest BCUT2D eigenvalue weighted by Gasteiger charge is 2.27. The Kier molecular flexibility index (Phi) is 5.65. The molecular formula is C25H24N2O5S. The van der Waals surface area contributed by atoms with E-state index in [1.54, 1.807) is 18.4 Å². The van der Waals surface area contributed by atoms with Crippen molar-refractivity contribution in [3.8, 4) is 0 Å². The number of furan rings is 1. The molecule has 0 aliphatic carbocycles. The zero-order valence-electron chi connectivity index (χ0n) is 18.2. The number of nitrogens with zero attached hydrogens (tertiary/aromatic N) is 1. The number of amides is 1. The molecule has 8 heteroatoms. The van der Waals surface area contributed by atoms with E-state index in [9.17, 15) is 13.2 Å². The normalized spacial score (nSPS) is 15.2. The Hall–Kier alpha value is -3.20. The van der Waals surface area contributed by atoms with Gasteiger partial charge < -0.3 is 14.5 Å². The van der Waals surface area contributed by atoms with Crippen molar-refractivity contribution in [1.82, 2.24) is 4.31 Å². The molecule has 0 bridgehead atoms. The summed E-state index contributed by atoms with van der Waals surface area (Å²) in [4.78, 5) is 13.1. The average molecular weight is 465 g/mol. The molecule has 1 aromatic heterocycles. The fourth-order valence-corrected chi connectivity index (χ4v) is 5.64. The van der Waals surface area contributed by atoms with Crippen molar-refractivity contribution < 1.29 is 22.4 Å². The first-order valence-electron chi connectivity index (χ1n) is 10.8. The SMILES string of the molecule is Cc1ccc(S(=O)(=O)N2CCOCC2)cc1NC(=O)Cc1coc2ccc3ccccc3c12. The largest absolute Gasteiger partial charge is 0.464 e. The molecule has 3 aromatic carbocycles. The first kappa shape index (κ1) is 21.6. The van der Waals surface area contributed by atoms with Gasteiger partial charge in [0.05, 0.1) is 30.8 Å². The highest BCUT2D eigenvalue weighted by atomic mass is 32.2. The van der Waals surface area contributed by atoms with Crippen LogP contribution in [0.5, 0.6) is 0 Å². The molecule has 0 radical (unpaired) electrons. The molecule has 33 heavy (non-hydrogen) atoms. The molecule has 7 nitrogen and oxygen atoms in total. The van der Waals surface area contributed by atoms with E-state index >= 15 is 0 Å². The van der Waals surface area contributed by atoms with Gasteiger partial charge in [0.25, 0.3) is 0 Å². The van der Waals surface area contributed by atoms with E-state index in [0.717, 1.165) is 32.9 Å². The summed E-state index contributed by atoms with van der Waals surface area (Å²) in [6.45, 7) is 3.23. The van der Waals surface area contributed by atoms with Crippen LogP contribution >= 0.6 is 0 Å². The quantitative estimate of drug-likeness (QED) is 0.480. The maximum absolute atomic E-state index is 13.0. The minimum absolute atomic E-state index is 0.112. The maximum atomic E-state index is 13.0. The van der Waals surface area contributed by atoms with Gasteiger partial charge in [-0.2, -0.15) is 4.31 Å². The number of carbonyl (C=O) groups is 1. The zero-order chi connectivity index (χ0) is 23.0. The van der Waals surface area contributed by atoms with Crippen molar-refractivity contribution in [3.63, 3.8) is 0 Å². The number of morpholine rings is 1. The van der Waals surface area contributed by atoms with Crippen molar-refractivity contribution in [2.75, 3.05) is 31.6 Å². The van der Waals surface area contributed by atoms with Crippen LogP contribution in [0, 0.1) is 6.92 Å². The molecule has 0 unspecified atom stereocenters. The van der Waals surface area contributed by atoms with Crippen LogP contribution in [-0.2, 0) is 26.0 Å². The number of carbonyl (C=O) groups excluding carboxylic acids is 1. The first-order valence-corrected chi connectivity index (χ1v) is 12.2. The van der Waals surface area contributed by atoms with E-state index < -0.39 is 10.0 Å². The lowest BCUT2D eigenvalue weighted by Gasteiger charge is -2.26. The van der Waals surface area contributed by atoms with E-state index in [-0.39, 0.29) is 17.2 Å². The van der Waals surface area contributed by atoms with E-state index in [1.807, 2.05) is 43.3 Å². The van der Waals surface area contributed by atoms with E-state index in [1.165, 1.54) is 10.4 Å². The lowest BCUT2D eigenvalue weighted by Crippen LogP contribution is -2.40. The predicted molar refractivity (Wildman–Crippen MR) is 127 cm³/mol. The van der Waals surface area contributed by atoms with Crippen LogP contribution in [0.15, 0.2) is 70.2 Å². The van der Waals surface area contributed by atoms with Crippen LogP contribution in [-0.4, -0.2) is 44.9 Å². The number of benzene rings is 3. The number of anilines is 1. The van der Waals surface area contributed by atoms with Gasteiger partial charge in [-0.25, -0.2) is 8.42 Å². The van der Waals surface area contributed by atoms with Gasteiger partial charge in [0.2, 0.25) is 15.9 Å². The van der Waals surface area contributed by atoms with Crippen LogP contribution in [0.1, 0.15) is 11.1 Å². The maximum Gasteiger partial charge on any atom is 0.243 e. The van der Waals surface area contributed by atoms with Crippen LogP contribution in [0.4, 0.5) is 5.69 Å². The number of aryl methyl sites for hydroxylation is 1. The fraction of sp³-hybridized carbons (Fsp3) is 0.240. The Labute approximate surface area is 192 Å². The predicted octanol–water partition coefficient (Wildman–Crippen LogP) is 4.10. The summed E-state index contributed by atoms with van der Waals surface area (Å²) in [6, 6.07) is 16.7. The summed E-state index contributed by atoms with van der Waals surface area (Å²) < 4.78 is 38.4. The van der Waals surface area contributed by atoms with Gasteiger partial charge in [-0.3, -0.25) is 4.79 Å². The van der Waals surface area contributed by atoms with Crippen molar-refractivity contribution in [3.05, 3.63) is 72.0 Å². The minimum atomic E-state index is -3.65. The monoisotopic (exact) mass is 464 g/mol. The smallest absolute Gasteiger partial charge is 0.243 e. The summed E-state index contributed by atoms with van der Waals surface area (Å²) in [5.74, 6) is -0.241. The number of ether oxygens (including phenoxy) is 1. The molecule has 0 atom stereocenters. The summed E-state index contributed by atoms with van der Waals surface area (Å²) in [6.07, 6.45) is 1.73. The molecular weight excluding hydrogens is 440 g/mol. The second kappa shape index (κ2) is 8.62. The Morgan fingerprint density at radius 2 is 1.85 bits per heavy atom. The van der Waals surface area contributed by atoms with E-state index in [4.69, 9.17) is 9.15 Å². The third-order valence-corrected chi connectivity index (χ3v) is 7.88. The van der Waals surface area contributed by atoms with Crippen molar-refractivity contribution >= 4 is 43.4 Å². The second-order valence-corrected chi connectivity index (χ2v) is 10.1. The molecule has 1 fully saturated rings. The van der Waals surface area contributed by atoms with Gasteiger partial charge >= 0.3 is 0 Å². The molecule has 1 N–H and O–H groups in total. The standard InChI is InChI=1S/C25H24N2O5S/c1-17-6-8-20(33(29,30)27-10-12-31-13-11-27)15-22(17)26-24(28)14-19-16-32-23-9-7-18-4-2-3-5-21(18)25(19)23/h2-9,15-16H,10-14H2,1H3,(H,26,28). The summed E-state index contributed by atoms with van der Waals surface area (Å²) in [5, 5.41) is 5.91. The molecule has 0 spiro atoms. The second-order valence-electron chi connectivity index (χ2n) is 8.14. The van der Waals surface area contributed by atoms with Gasteiger partial charge in [-0.15, -0.1) is 0 Å². The first-order chi connectivity index (χ1) is 15.9. The Bertz CT molecular complexity index is 1450. The van der Waals surface area contributed by atoms with Crippen molar-refractivity contribution in [1.29, 1.82) is 0 Å². The molecule has 1 aliphatic rings. The number of nitrogens with one attached hydrogen (secondary N) is 1. The molecule has 4 aromatic rings. The number of fused-ring (bicyclic) bond motifs is 3. The van der Waals surface area contributed by atoms with Gasteiger partial charge in [0, 0.05) is 29.7 Å². The molecule has 170 valence electrons. The number of rotatable bonds is 5. The molecule has 5 rings (SSSR count). The van der Waals surface area contributed by atoms with Gasteiger partial charge in [0.15, 0.2) is 0 Å². The minimum Gasteiger partial charge on any atom is -0.464 e. The lowest BCUT2D eigenvalue weighted by molar-refractivity contribution is -0.115. The Balaban J connectivity index is 1.41. The third kappa shape index (κ3) is 4.13.